The number of fused-ring (bicyclic) bond motifs is 1. The molecular weight excluding hydrogens is 156 g/mol. The van der Waals surface area contributed by atoms with Crippen LogP contribution in [-0.2, 0) is 13.1 Å². The second-order valence-electron chi connectivity index (χ2n) is 2.63. The summed E-state index contributed by atoms with van der Waals surface area (Å²) in [6.07, 6.45) is 1.64. The van der Waals surface area contributed by atoms with E-state index in [9.17, 15) is 4.79 Å². The molecule has 0 saturated heterocycles. The molecule has 0 fully saturated rings. The number of carbonyl (C=O) groups excluding carboxylic acids is 1. The Kier molecular flexibility index (Phi) is 1.51. The van der Waals surface area contributed by atoms with Gasteiger partial charge in [-0.2, -0.15) is 0 Å². The van der Waals surface area contributed by atoms with Crippen molar-refractivity contribution in [3.05, 3.63) is 23.3 Å². The molecule has 0 bridgehead atoms. The third-order valence-corrected chi connectivity index (χ3v) is 1.78. The molecule has 2 rings (SSSR count). The van der Waals surface area contributed by atoms with Crippen LogP contribution in [0.4, 0.5) is 0 Å². The van der Waals surface area contributed by atoms with E-state index in [1.165, 1.54) is 0 Å². The molecule has 1 aromatic heterocycles. The minimum atomic E-state index is -0.579. The quantitative estimate of drug-likeness (QED) is 0.568. The van der Waals surface area contributed by atoms with Gasteiger partial charge in [0.2, 0.25) is 5.82 Å². The van der Waals surface area contributed by atoms with Crippen molar-refractivity contribution in [1.82, 2.24) is 15.3 Å². The zero-order valence-electron chi connectivity index (χ0n) is 6.37. The van der Waals surface area contributed by atoms with Crippen LogP contribution in [0.25, 0.3) is 0 Å². The van der Waals surface area contributed by atoms with Gasteiger partial charge in [0.25, 0.3) is 5.91 Å². The molecule has 1 amide bonds. The zero-order chi connectivity index (χ0) is 8.55. The highest BCUT2D eigenvalue weighted by molar-refractivity contribution is 5.88. The van der Waals surface area contributed by atoms with Gasteiger partial charge in [0.05, 0.1) is 5.69 Å². The molecule has 0 aromatic carbocycles. The van der Waals surface area contributed by atoms with Gasteiger partial charge in [-0.3, -0.25) is 4.79 Å². The Morgan fingerprint density at radius 1 is 1.58 bits per heavy atom. The number of aromatic nitrogens is 2. The first-order chi connectivity index (χ1) is 5.77. The lowest BCUT2D eigenvalue weighted by Gasteiger charge is -1.97. The summed E-state index contributed by atoms with van der Waals surface area (Å²) in [4.78, 5) is 18.5. The Labute approximate surface area is 69.0 Å². The summed E-state index contributed by atoms with van der Waals surface area (Å²) in [6, 6.07) is 0. The van der Waals surface area contributed by atoms with E-state index < -0.39 is 5.91 Å². The molecule has 0 atom stereocenters. The van der Waals surface area contributed by atoms with E-state index in [-0.39, 0.29) is 5.82 Å². The van der Waals surface area contributed by atoms with Crippen LogP contribution in [0, 0.1) is 0 Å². The topological polar surface area (TPSA) is 80.9 Å². The third-order valence-electron chi connectivity index (χ3n) is 1.78. The van der Waals surface area contributed by atoms with Gasteiger partial charge in [-0.15, -0.1) is 0 Å². The van der Waals surface area contributed by atoms with Crippen molar-refractivity contribution in [2.45, 2.75) is 13.1 Å². The second-order valence-corrected chi connectivity index (χ2v) is 2.63. The van der Waals surface area contributed by atoms with Gasteiger partial charge >= 0.3 is 0 Å². The molecule has 1 aliphatic rings. The first-order valence-corrected chi connectivity index (χ1v) is 3.62. The van der Waals surface area contributed by atoms with Crippen LogP contribution in [0.1, 0.15) is 21.9 Å². The van der Waals surface area contributed by atoms with Crippen LogP contribution in [0.5, 0.6) is 0 Å². The number of hydrogen-bond acceptors (Lipinski definition) is 4. The average molecular weight is 164 g/mol. The summed E-state index contributed by atoms with van der Waals surface area (Å²) in [7, 11) is 0. The molecule has 1 aromatic rings. The molecule has 0 unspecified atom stereocenters. The summed E-state index contributed by atoms with van der Waals surface area (Å²) in [5.74, 6) is -0.484. The fraction of sp³-hybridized carbons (Fsp3) is 0.286. The maximum Gasteiger partial charge on any atom is 0.286 e. The molecule has 12 heavy (non-hydrogen) atoms. The highest BCUT2D eigenvalue weighted by Gasteiger charge is 2.14. The van der Waals surface area contributed by atoms with Crippen LogP contribution in [0.3, 0.4) is 0 Å². The Balaban J connectivity index is 2.45. The molecule has 0 radical (unpaired) electrons. The van der Waals surface area contributed by atoms with Crippen molar-refractivity contribution in [2.24, 2.45) is 5.73 Å². The Morgan fingerprint density at radius 2 is 2.42 bits per heavy atom. The van der Waals surface area contributed by atoms with Crippen LogP contribution in [0.15, 0.2) is 6.20 Å². The van der Waals surface area contributed by atoms with Crippen LogP contribution in [0.2, 0.25) is 0 Å². The van der Waals surface area contributed by atoms with E-state index in [1.54, 1.807) is 6.20 Å². The van der Waals surface area contributed by atoms with Gasteiger partial charge in [-0.05, 0) is 0 Å². The average Bonchev–Trinajstić information content (AvgIpc) is 2.49. The first kappa shape index (κ1) is 7.17. The van der Waals surface area contributed by atoms with Crippen molar-refractivity contribution in [3.63, 3.8) is 0 Å². The van der Waals surface area contributed by atoms with Crippen molar-refractivity contribution in [2.75, 3.05) is 0 Å². The molecule has 0 saturated carbocycles. The lowest BCUT2D eigenvalue weighted by Crippen LogP contribution is -2.16. The summed E-state index contributed by atoms with van der Waals surface area (Å²) < 4.78 is 0. The highest BCUT2D eigenvalue weighted by Crippen LogP contribution is 2.10. The number of nitrogens with one attached hydrogen (secondary N) is 1. The highest BCUT2D eigenvalue weighted by atomic mass is 16.1. The fourth-order valence-electron chi connectivity index (χ4n) is 1.18. The molecule has 5 heteroatoms. The SMILES string of the molecule is NC(=O)c1ncc2c(n1)CNC2. The van der Waals surface area contributed by atoms with E-state index in [0.717, 1.165) is 17.8 Å². The van der Waals surface area contributed by atoms with E-state index in [2.05, 4.69) is 15.3 Å². The number of nitrogens with two attached hydrogens (primary N) is 1. The van der Waals surface area contributed by atoms with Gasteiger partial charge in [0, 0.05) is 24.8 Å². The summed E-state index contributed by atoms with van der Waals surface area (Å²) in [6.45, 7) is 1.46. The lowest BCUT2D eigenvalue weighted by molar-refractivity contribution is 0.0990. The molecule has 2 heterocycles. The van der Waals surface area contributed by atoms with Crippen LogP contribution >= 0.6 is 0 Å². The number of carbonyl (C=O) groups is 1. The number of primary amides is 1. The minimum absolute atomic E-state index is 0.0949. The monoisotopic (exact) mass is 164 g/mol. The maximum atomic E-state index is 10.7. The molecule has 1 aliphatic heterocycles. The Bertz CT molecular complexity index is 336. The van der Waals surface area contributed by atoms with E-state index in [4.69, 9.17) is 5.73 Å². The molecule has 5 nitrogen and oxygen atoms in total. The van der Waals surface area contributed by atoms with Gasteiger partial charge in [-0.25, -0.2) is 9.97 Å². The summed E-state index contributed by atoms with van der Waals surface area (Å²) in [5.41, 5.74) is 6.94. The van der Waals surface area contributed by atoms with E-state index in [0.29, 0.717) is 6.54 Å². The largest absolute Gasteiger partial charge is 0.363 e. The molecular formula is C7H8N4O. The van der Waals surface area contributed by atoms with Crippen molar-refractivity contribution < 1.29 is 4.79 Å². The molecule has 62 valence electrons. The number of amides is 1. The Morgan fingerprint density at radius 3 is 3.17 bits per heavy atom. The van der Waals surface area contributed by atoms with E-state index in [1.807, 2.05) is 0 Å². The van der Waals surface area contributed by atoms with Crippen molar-refractivity contribution in [3.8, 4) is 0 Å². The Hall–Kier alpha value is -1.49. The van der Waals surface area contributed by atoms with Crippen LogP contribution < -0.4 is 11.1 Å². The lowest BCUT2D eigenvalue weighted by atomic mass is 10.3. The third kappa shape index (κ3) is 1.04. The van der Waals surface area contributed by atoms with Gasteiger partial charge in [0.15, 0.2) is 0 Å². The van der Waals surface area contributed by atoms with Gasteiger partial charge in [0.1, 0.15) is 0 Å². The summed E-state index contributed by atoms with van der Waals surface area (Å²) in [5, 5.41) is 3.10. The second kappa shape index (κ2) is 2.53. The van der Waals surface area contributed by atoms with Crippen molar-refractivity contribution in [1.29, 1.82) is 0 Å². The van der Waals surface area contributed by atoms with E-state index >= 15 is 0 Å². The smallest absolute Gasteiger partial charge is 0.286 e. The standard InChI is InChI=1S/C7H8N4O/c8-6(12)7-10-2-4-1-9-3-5(4)11-7/h2,9H,1,3H2,(H2,8,12). The number of rotatable bonds is 1. The van der Waals surface area contributed by atoms with Gasteiger partial charge in [-0.1, -0.05) is 0 Å². The fourth-order valence-corrected chi connectivity index (χ4v) is 1.18. The first-order valence-electron chi connectivity index (χ1n) is 3.62. The molecule has 0 aliphatic carbocycles. The minimum Gasteiger partial charge on any atom is -0.363 e. The molecule has 3 N–H and O–H groups in total. The summed E-state index contributed by atoms with van der Waals surface area (Å²) >= 11 is 0. The van der Waals surface area contributed by atoms with Gasteiger partial charge < -0.3 is 11.1 Å². The normalized spacial score (nSPS) is 14.3. The van der Waals surface area contributed by atoms with Crippen molar-refractivity contribution >= 4 is 5.91 Å². The maximum absolute atomic E-state index is 10.7. The number of nitrogens with zero attached hydrogens (tertiary/aromatic N) is 2. The van der Waals surface area contributed by atoms with Crippen LogP contribution in [-0.4, -0.2) is 15.9 Å². The predicted octanol–water partition coefficient (Wildman–Crippen LogP) is -0.821. The predicted molar refractivity (Wildman–Crippen MR) is 41.1 cm³/mol. The molecule has 0 spiro atoms. The zero-order valence-corrected chi connectivity index (χ0v) is 6.37. The number of hydrogen-bond donors (Lipinski definition) is 2.